The molecule has 1 saturated heterocycles. The van der Waals surface area contributed by atoms with Gasteiger partial charge in [0.1, 0.15) is 5.82 Å². The molecule has 1 unspecified atom stereocenters. The van der Waals surface area contributed by atoms with Crippen LogP contribution >= 0.6 is 11.6 Å². The van der Waals surface area contributed by atoms with Gasteiger partial charge in [-0.15, -0.1) is 0 Å². The monoisotopic (exact) mass is 286 g/mol. The zero-order valence-corrected chi connectivity index (χ0v) is 11.2. The molecule has 1 fully saturated rings. The number of benzene rings is 1. The second-order valence-electron chi connectivity index (χ2n) is 4.92. The van der Waals surface area contributed by atoms with Crippen LogP contribution in [0.3, 0.4) is 0 Å². The van der Waals surface area contributed by atoms with Crippen molar-refractivity contribution < 1.29 is 14.3 Å². The highest BCUT2D eigenvalue weighted by Gasteiger charge is 2.38. The molecular formula is C13H16ClFN2O2. The van der Waals surface area contributed by atoms with Crippen LogP contribution in [0.5, 0.6) is 0 Å². The molecule has 1 aliphatic rings. The number of halogens is 2. The van der Waals surface area contributed by atoms with E-state index in [0.717, 1.165) is 0 Å². The van der Waals surface area contributed by atoms with Crippen LogP contribution in [0.15, 0.2) is 18.2 Å². The maximum atomic E-state index is 13.8. The van der Waals surface area contributed by atoms with E-state index in [1.165, 1.54) is 6.07 Å². The van der Waals surface area contributed by atoms with E-state index in [9.17, 15) is 14.3 Å². The summed E-state index contributed by atoms with van der Waals surface area (Å²) in [5.41, 5.74) is 4.13. The van der Waals surface area contributed by atoms with Crippen LogP contribution < -0.4 is 5.73 Å². The maximum absolute atomic E-state index is 13.8. The lowest BCUT2D eigenvalue weighted by Crippen LogP contribution is -2.55. The first kappa shape index (κ1) is 14.2. The Hall–Kier alpha value is -1.17. The molecule has 2 rings (SSSR count). The summed E-state index contributed by atoms with van der Waals surface area (Å²) in [5, 5.41) is 10.2. The van der Waals surface area contributed by atoms with E-state index in [1.807, 2.05) is 4.90 Å². The van der Waals surface area contributed by atoms with E-state index in [4.69, 9.17) is 17.3 Å². The van der Waals surface area contributed by atoms with Gasteiger partial charge in [-0.3, -0.25) is 9.69 Å². The maximum Gasteiger partial charge on any atom is 0.250 e. The number of β-amino-alcohol motifs (C(OH)–C–C–N with tert-alkyl or cyclic N) is 1. The largest absolute Gasteiger partial charge is 0.379 e. The Labute approximate surface area is 116 Å². The summed E-state index contributed by atoms with van der Waals surface area (Å²) in [6.07, 6.45) is 0.985. The zero-order chi connectivity index (χ0) is 14.0. The number of nitrogens with zero attached hydrogens (tertiary/aromatic N) is 1. The first-order valence-corrected chi connectivity index (χ1v) is 6.48. The Balaban J connectivity index is 2.11. The summed E-state index contributed by atoms with van der Waals surface area (Å²) in [7, 11) is 0. The van der Waals surface area contributed by atoms with Gasteiger partial charge in [-0.25, -0.2) is 4.39 Å². The van der Waals surface area contributed by atoms with Crippen molar-refractivity contribution in [3.8, 4) is 0 Å². The molecule has 0 saturated carbocycles. The van der Waals surface area contributed by atoms with Crippen LogP contribution in [0.1, 0.15) is 18.4 Å². The highest BCUT2D eigenvalue weighted by Crippen LogP contribution is 2.24. The molecule has 19 heavy (non-hydrogen) atoms. The Kier molecular flexibility index (Phi) is 4.08. The van der Waals surface area contributed by atoms with E-state index in [-0.39, 0.29) is 11.6 Å². The number of carbonyl (C=O) groups excluding carboxylic acids is 1. The van der Waals surface area contributed by atoms with Gasteiger partial charge in [0, 0.05) is 18.7 Å². The molecule has 0 aliphatic carbocycles. The highest BCUT2D eigenvalue weighted by atomic mass is 35.5. The van der Waals surface area contributed by atoms with Gasteiger partial charge in [0.05, 0.1) is 5.02 Å². The number of hydrogen-bond donors (Lipinski definition) is 2. The Morgan fingerprint density at radius 3 is 3.00 bits per heavy atom. The third kappa shape index (κ3) is 3.05. The quantitative estimate of drug-likeness (QED) is 0.880. The fourth-order valence-corrected chi connectivity index (χ4v) is 2.56. The molecule has 0 bridgehead atoms. The molecular weight excluding hydrogens is 271 g/mol. The molecule has 1 amide bonds. The Bertz CT molecular complexity index is 498. The summed E-state index contributed by atoms with van der Waals surface area (Å²) in [6, 6.07) is 4.79. The van der Waals surface area contributed by atoms with Crippen molar-refractivity contribution in [2.45, 2.75) is 25.0 Å². The smallest absolute Gasteiger partial charge is 0.250 e. The first-order chi connectivity index (χ1) is 8.92. The zero-order valence-electron chi connectivity index (χ0n) is 10.4. The minimum absolute atomic E-state index is 0.0691. The number of nitrogens with two attached hydrogens (primary N) is 1. The van der Waals surface area contributed by atoms with Gasteiger partial charge in [-0.2, -0.15) is 0 Å². The molecule has 1 atom stereocenters. The van der Waals surface area contributed by atoms with Crippen molar-refractivity contribution in [1.82, 2.24) is 4.90 Å². The first-order valence-electron chi connectivity index (χ1n) is 6.10. The minimum Gasteiger partial charge on any atom is -0.379 e. The van der Waals surface area contributed by atoms with Gasteiger partial charge in [0.15, 0.2) is 5.60 Å². The lowest BCUT2D eigenvalue weighted by Gasteiger charge is -2.37. The van der Waals surface area contributed by atoms with Crippen molar-refractivity contribution >= 4 is 17.5 Å². The van der Waals surface area contributed by atoms with Crippen molar-refractivity contribution in [2.24, 2.45) is 5.73 Å². The van der Waals surface area contributed by atoms with Gasteiger partial charge in [0.25, 0.3) is 5.91 Å². The summed E-state index contributed by atoms with van der Waals surface area (Å²) in [4.78, 5) is 13.1. The molecule has 3 N–H and O–H groups in total. The number of piperidine rings is 1. The number of rotatable bonds is 3. The lowest BCUT2D eigenvalue weighted by atomic mass is 9.92. The highest BCUT2D eigenvalue weighted by molar-refractivity contribution is 6.30. The van der Waals surface area contributed by atoms with Gasteiger partial charge in [-0.05, 0) is 25.5 Å². The van der Waals surface area contributed by atoms with Gasteiger partial charge >= 0.3 is 0 Å². The van der Waals surface area contributed by atoms with E-state index in [0.29, 0.717) is 31.5 Å². The van der Waals surface area contributed by atoms with Crippen LogP contribution in [-0.2, 0) is 11.3 Å². The summed E-state index contributed by atoms with van der Waals surface area (Å²) in [5.74, 6) is -1.19. The molecule has 1 heterocycles. The second kappa shape index (κ2) is 5.45. The molecule has 104 valence electrons. The third-order valence-corrected chi connectivity index (χ3v) is 3.73. The molecule has 1 aromatic carbocycles. The number of carbonyl (C=O) groups is 1. The van der Waals surface area contributed by atoms with Gasteiger partial charge in [0.2, 0.25) is 0 Å². The predicted octanol–water partition coefficient (Wildman–Crippen LogP) is 1.29. The fraction of sp³-hybridized carbons (Fsp3) is 0.462. The molecule has 4 nitrogen and oxygen atoms in total. The van der Waals surface area contributed by atoms with E-state index in [1.54, 1.807) is 12.1 Å². The third-order valence-electron chi connectivity index (χ3n) is 3.43. The Morgan fingerprint density at radius 2 is 2.32 bits per heavy atom. The summed E-state index contributed by atoms with van der Waals surface area (Å²) in [6.45, 7) is 1.10. The van der Waals surface area contributed by atoms with Crippen LogP contribution in [0.25, 0.3) is 0 Å². The normalized spacial score (nSPS) is 24.4. The molecule has 0 radical (unpaired) electrons. The number of aliphatic hydroxyl groups is 1. The standard InChI is InChI=1S/C13H16ClFN2O2/c14-10-4-1-3-9(11(10)15)7-17-6-2-5-13(19,8-17)12(16)18/h1,3-4,19H,2,5-8H2,(H2,16,18). The minimum atomic E-state index is -1.52. The summed E-state index contributed by atoms with van der Waals surface area (Å²) >= 11 is 5.72. The molecule has 0 aromatic heterocycles. The second-order valence-corrected chi connectivity index (χ2v) is 5.33. The fourth-order valence-electron chi connectivity index (χ4n) is 2.37. The SMILES string of the molecule is NC(=O)C1(O)CCCN(Cc2cccc(Cl)c2F)C1. The summed E-state index contributed by atoms with van der Waals surface area (Å²) < 4.78 is 13.8. The van der Waals surface area contributed by atoms with E-state index >= 15 is 0 Å². The predicted molar refractivity (Wildman–Crippen MR) is 70.1 cm³/mol. The van der Waals surface area contributed by atoms with Gasteiger partial charge in [-0.1, -0.05) is 23.7 Å². The number of amides is 1. The van der Waals surface area contributed by atoms with Crippen LogP contribution in [0.2, 0.25) is 5.02 Å². The molecule has 1 aliphatic heterocycles. The van der Waals surface area contributed by atoms with Gasteiger partial charge < -0.3 is 10.8 Å². The van der Waals surface area contributed by atoms with Crippen LogP contribution in [-0.4, -0.2) is 34.6 Å². The van der Waals surface area contributed by atoms with E-state index in [2.05, 4.69) is 0 Å². The lowest BCUT2D eigenvalue weighted by molar-refractivity contribution is -0.142. The number of primary amides is 1. The van der Waals surface area contributed by atoms with Crippen molar-refractivity contribution in [3.63, 3.8) is 0 Å². The average Bonchev–Trinajstić information content (AvgIpc) is 2.35. The van der Waals surface area contributed by atoms with Crippen molar-refractivity contribution in [3.05, 3.63) is 34.6 Å². The number of hydrogen-bond acceptors (Lipinski definition) is 3. The van der Waals surface area contributed by atoms with Crippen molar-refractivity contribution in [2.75, 3.05) is 13.1 Å². The number of likely N-dealkylation sites (tertiary alicyclic amines) is 1. The molecule has 1 aromatic rings. The molecule has 6 heteroatoms. The Morgan fingerprint density at radius 1 is 1.58 bits per heavy atom. The molecule has 0 spiro atoms. The average molecular weight is 287 g/mol. The van der Waals surface area contributed by atoms with Crippen LogP contribution in [0, 0.1) is 5.82 Å². The topological polar surface area (TPSA) is 66.6 Å². The van der Waals surface area contributed by atoms with Crippen LogP contribution in [0.4, 0.5) is 4.39 Å². The van der Waals surface area contributed by atoms with Crippen molar-refractivity contribution in [1.29, 1.82) is 0 Å². The van der Waals surface area contributed by atoms with E-state index < -0.39 is 17.3 Å².